The lowest BCUT2D eigenvalue weighted by Crippen LogP contribution is -1.95. The van der Waals surface area contributed by atoms with Crippen molar-refractivity contribution in [3.63, 3.8) is 0 Å². The van der Waals surface area contributed by atoms with E-state index in [1.807, 2.05) is 13.0 Å². The first-order chi connectivity index (χ1) is 7.08. The number of aryl methyl sites for hydroxylation is 1. The van der Waals surface area contributed by atoms with Crippen molar-refractivity contribution in [2.45, 2.75) is 6.92 Å². The lowest BCUT2D eigenvalue weighted by atomic mass is 10.2. The van der Waals surface area contributed by atoms with Crippen molar-refractivity contribution >= 4 is 49.0 Å². The molecule has 0 amide bonds. The van der Waals surface area contributed by atoms with E-state index in [-0.39, 0.29) is 5.78 Å². The highest BCUT2D eigenvalue weighted by molar-refractivity contribution is 9.10. The molecule has 0 aliphatic carbocycles. The van der Waals surface area contributed by atoms with Gasteiger partial charge in [0.2, 0.25) is 5.78 Å². The Morgan fingerprint density at radius 1 is 1.40 bits per heavy atom. The largest absolute Gasteiger partial charge is 0.446 e. The van der Waals surface area contributed by atoms with E-state index in [0.29, 0.717) is 15.3 Å². The molecule has 0 bridgehead atoms. The van der Waals surface area contributed by atoms with Crippen LogP contribution in [0.1, 0.15) is 20.3 Å². The summed E-state index contributed by atoms with van der Waals surface area (Å²) < 4.78 is 6.73. The fourth-order valence-corrected chi connectivity index (χ4v) is 2.92. The Morgan fingerprint density at radius 3 is 2.60 bits per heavy atom. The molecule has 5 heteroatoms. The summed E-state index contributed by atoms with van der Waals surface area (Å²) >= 11 is 8.00. The van der Waals surface area contributed by atoms with E-state index in [2.05, 4.69) is 31.9 Å². The van der Waals surface area contributed by atoms with Gasteiger partial charge in [-0.25, -0.2) is 0 Å². The molecule has 0 saturated heterocycles. The molecule has 0 atom stereocenters. The standard InChI is InChI=1S/C10H6Br2O2S/c1-5-6(11)4-8(15-5)10(13)7-2-3-9(12)14-7/h2-4H,1H3. The van der Waals surface area contributed by atoms with Crippen LogP contribution >= 0.6 is 43.2 Å². The molecule has 0 spiro atoms. The number of halogens is 2. The van der Waals surface area contributed by atoms with Crippen molar-refractivity contribution < 1.29 is 9.21 Å². The molecule has 2 nitrogen and oxygen atoms in total. The average molecular weight is 350 g/mol. The molecule has 2 aromatic heterocycles. The summed E-state index contributed by atoms with van der Waals surface area (Å²) in [6.07, 6.45) is 0. The van der Waals surface area contributed by atoms with Crippen molar-refractivity contribution in [1.29, 1.82) is 0 Å². The first-order valence-corrected chi connectivity index (χ1v) is 6.54. The minimum atomic E-state index is -0.0838. The molecule has 0 aliphatic rings. The molecule has 0 aromatic carbocycles. The van der Waals surface area contributed by atoms with E-state index in [9.17, 15) is 4.79 Å². The number of hydrogen-bond acceptors (Lipinski definition) is 3. The Balaban J connectivity index is 2.36. The van der Waals surface area contributed by atoms with Crippen LogP contribution in [0.25, 0.3) is 0 Å². The van der Waals surface area contributed by atoms with E-state index >= 15 is 0 Å². The van der Waals surface area contributed by atoms with Crippen molar-refractivity contribution in [1.82, 2.24) is 0 Å². The SMILES string of the molecule is Cc1sc(C(=O)c2ccc(Br)o2)cc1Br. The van der Waals surface area contributed by atoms with Gasteiger partial charge in [0.1, 0.15) is 0 Å². The minimum Gasteiger partial charge on any atom is -0.446 e. The molecule has 0 unspecified atom stereocenters. The molecule has 15 heavy (non-hydrogen) atoms. The van der Waals surface area contributed by atoms with Crippen LogP contribution in [0, 0.1) is 6.92 Å². The number of furan rings is 1. The Labute approximate surface area is 108 Å². The summed E-state index contributed by atoms with van der Waals surface area (Å²) in [5.74, 6) is 0.273. The van der Waals surface area contributed by atoms with Gasteiger partial charge in [-0.05, 0) is 57.0 Å². The van der Waals surface area contributed by atoms with E-state index in [1.54, 1.807) is 12.1 Å². The predicted octanol–water partition coefficient (Wildman–Crippen LogP) is 4.41. The van der Waals surface area contributed by atoms with Crippen molar-refractivity contribution in [3.8, 4) is 0 Å². The maximum atomic E-state index is 11.9. The molecule has 0 N–H and O–H groups in total. The number of carbonyl (C=O) groups is 1. The fourth-order valence-electron chi connectivity index (χ4n) is 1.13. The third-order valence-corrected chi connectivity index (χ3v) is 4.44. The van der Waals surface area contributed by atoms with E-state index in [4.69, 9.17) is 4.42 Å². The lowest BCUT2D eigenvalue weighted by Gasteiger charge is -1.90. The topological polar surface area (TPSA) is 30.2 Å². The van der Waals surface area contributed by atoms with Crippen LogP contribution in [0.5, 0.6) is 0 Å². The third-order valence-electron chi connectivity index (χ3n) is 1.88. The van der Waals surface area contributed by atoms with E-state index in [0.717, 1.165) is 9.35 Å². The van der Waals surface area contributed by atoms with Crippen molar-refractivity contribution in [2.75, 3.05) is 0 Å². The molecule has 78 valence electrons. The Morgan fingerprint density at radius 2 is 2.13 bits per heavy atom. The summed E-state index contributed by atoms with van der Waals surface area (Å²) in [5, 5.41) is 0. The van der Waals surface area contributed by atoms with Crippen LogP contribution in [0.2, 0.25) is 0 Å². The molecule has 0 fully saturated rings. The average Bonchev–Trinajstić information content (AvgIpc) is 2.74. The Bertz CT molecular complexity index is 494. The number of thiophene rings is 1. The molecule has 0 radical (unpaired) electrons. The van der Waals surface area contributed by atoms with Crippen molar-refractivity contribution in [3.05, 3.63) is 42.9 Å². The summed E-state index contributed by atoms with van der Waals surface area (Å²) in [6, 6.07) is 5.19. The maximum Gasteiger partial charge on any atom is 0.238 e. The second-order valence-electron chi connectivity index (χ2n) is 2.95. The van der Waals surface area contributed by atoms with Crippen molar-refractivity contribution in [2.24, 2.45) is 0 Å². The van der Waals surface area contributed by atoms with Gasteiger partial charge in [0, 0.05) is 9.35 Å². The lowest BCUT2D eigenvalue weighted by molar-refractivity contribution is 0.101. The van der Waals surface area contributed by atoms with Gasteiger partial charge in [0.05, 0.1) is 4.88 Å². The summed E-state index contributed by atoms with van der Waals surface area (Å²) in [7, 11) is 0. The smallest absolute Gasteiger partial charge is 0.238 e. The summed E-state index contributed by atoms with van der Waals surface area (Å²) in [5.41, 5.74) is 0. The van der Waals surface area contributed by atoms with Crippen LogP contribution in [-0.2, 0) is 0 Å². The molecule has 0 saturated carbocycles. The van der Waals surface area contributed by atoms with Gasteiger partial charge in [-0.2, -0.15) is 0 Å². The van der Waals surface area contributed by atoms with Crippen LogP contribution in [0.4, 0.5) is 0 Å². The third kappa shape index (κ3) is 2.24. The minimum absolute atomic E-state index is 0.0838. The summed E-state index contributed by atoms with van der Waals surface area (Å²) in [4.78, 5) is 13.7. The van der Waals surface area contributed by atoms with Gasteiger partial charge < -0.3 is 4.42 Å². The van der Waals surface area contributed by atoms with E-state index < -0.39 is 0 Å². The number of rotatable bonds is 2. The van der Waals surface area contributed by atoms with Gasteiger partial charge in [-0.3, -0.25) is 4.79 Å². The molecular formula is C10H6Br2O2S. The fraction of sp³-hybridized carbons (Fsp3) is 0.100. The number of hydrogen-bond donors (Lipinski definition) is 0. The Kier molecular flexibility index (Phi) is 3.13. The second kappa shape index (κ2) is 4.23. The highest BCUT2D eigenvalue weighted by Crippen LogP contribution is 2.28. The molecule has 2 heterocycles. The summed E-state index contributed by atoms with van der Waals surface area (Å²) in [6.45, 7) is 1.96. The predicted molar refractivity (Wildman–Crippen MR) is 66.6 cm³/mol. The molecular weight excluding hydrogens is 344 g/mol. The zero-order valence-electron chi connectivity index (χ0n) is 7.71. The number of ketones is 1. The van der Waals surface area contributed by atoms with Gasteiger partial charge >= 0.3 is 0 Å². The molecule has 2 rings (SSSR count). The zero-order valence-corrected chi connectivity index (χ0v) is 11.7. The van der Waals surface area contributed by atoms with Gasteiger partial charge in [0.25, 0.3) is 0 Å². The quantitative estimate of drug-likeness (QED) is 0.752. The van der Waals surface area contributed by atoms with Crippen LogP contribution < -0.4 is 0 Å². The van der Waals surface area contributed by atoms with Gasteiger partial charge in [-0.1, -0.05) is 0 Å². The van der Waals surface area contributed by atoms with E-state index in [1.165, 1.54) is 11.3 Å². The molecule has 2 aromatic rings. The van der Waals surface area contributed by atoms with Gasteiger partial charge in [0.15, 0.2) is 10.4 Å². The Hall–Kier alpha value is -0.390. The first-order valence-electron chi connectivity index (χ1n) is 4.14. The highest BCUT2D eigenvalue weighted by Gasteiger charge is 2.16. The zero-order chi connectivity index (χ0) is 11.0. The maximum absolute atomic E-state index is 11.9. The van der Waals surface area contributed by atoms with Crippen LogP contribution in [0.3, 0.4) is 0 Å². The number of carbonyl (C=O) groups excluding carboxylic acids is 1. The first kappa shape index (κ1) is 11.1. The normalized spacial score (nSPS) is 10.6. The monoisotopic (exact) mass is 348 g/mol. The second-order valence-corrected chi connectivity index (χ2v) is 5.84. The highest BCUT2D eigenvalue weighted by atomic mass is 79.9. The van der Waals surface area contributed by atoms with Gasteiger partial charge in [-0.15, -0.1) is 11.3 Å². The van der Waals surface area contributed by atoms with Crippen LogP contribution in [-0.4, -0.2) is 5.78 Å². The molecule has 0 aliphatic heterocycles. The van der Waals surface area contributed by atoms with Crippen LogP contribution in [0.15, 0.2) is 31.8 Å².